The Labute approximate surface area is 128 Å². The Hall–Kier alpha value is -0.420. The molecule has 0 aromatic heterocycles. The van der Waals surface area contributed by atoms with Crippen LogP contribution >= 0.6 is 11.8 Å². The van der Waals surface area contributed by atoms with Gasteiger partial charge in [0.1, 0.15) is 0 Å². The third-order valence-corrected chi connectivity index (χ3v) is 6.00. The SMILES string of the molecule is CN=C(NCC(C1CC1)N(C)C)NCC1(C)CCCS1. The van der Waals surface area contributed by atoms with Gasteiger partial charge in [-0.3, -0.25) is 4.99 Å². The standard InChI is InChI=1S/C15H30N4S/c1-15(8-5-9-20-15)11-18-14(16-2)17-10-13(19(3)4)12-6-7-12/h12-13H,5-11H2,1-4H3,(H2,16,17,18). The second kappa shape index (κ2) is 7.03. The van der Waals surface area contributed by atoms with Gasteiger partial charge in [0.15, 0.2) is 5.96 Å². The van der Waals surface area contributed by atoms with Gasteiger partial charge in [0, 0.05) is 30.9 Å². The van der Waals surface area contributed by atoms with E-state index in [1.807, 2.05) is 7.05 Å². The normalized spacial score (nSPS) is 28.8. The molecule has 0 bridgehead atoms. The smallest absolute Gasteiger partial charge is 0.191 e. The molecular weight excluding hydrogens is 268 g/mol. The Kier molecular flexibility index (Phi) is 5.61. The van der Waals surface area contributed by atoms with Crippen molar-refractivity contribution in [1.82, 2.24) is 15.5 Å². The molecule has 1 saturated carbocycles. The molecule has 2 N–H and O–H groups in total. The van der Waals surface area contributed by atoms with Gasteiger partial charge in [-0.25, -0.2) is 0 Å². The Balaban J connectivity index is 1.74. The molecule has 2 rings (SSSR count). The van der Waals surface area contributed by atoms with E-state index in [2.05, 4.69) is 53.3 Å². The fourth-order valence-corrected chi connectivity index (χ4v) is 4.17. The van der Waals surface area contributed by atoms with Crippen LogP contribution in [-0.4, -0.2) is 61.6 Å². The molecule has 2 fully saturated rings. The highest BCUT2D eigenvalue weighted by molar-refractivity contribution is 8.00. The van der Waals surface area contributed by atoms with Gasteiger partial charge < -0.3 is 15.5 Å². The number of likely N-dealkylation sites (N-methyl/N-ethyl adjacent to an activating group) is 1. The van der Waals surface area contributed by atoms with Crippen LogP contribution < -0.4 is 10.6 Å². The lowest BCUT2D eigenvalue weighted by Gasteiger charge is -2.27. The zero-order valence-electron chi connectivity index (χ0n) is 13.4. The van der Waals surface area contributed by atoms with Crippen molar-refractivity contribution in [3.63, 3.8) is 0 Å². The van der Waals surface area contributed by atoms with Crippen LogP contribution in [0.4, 0.5) is 0 Å². The van der Waals surface area contributed by atoms with Crippen molar-refractivity contribution in [3.8, 4) is 0 Å². The fraction of sp³-hybridized carbons (Fsp3) is 0.933. The van der Waals surface area contributed by atoms with Gasteiger partial charge in [-0.1, -0.05) is 0 Å². The molecule has 4 nitrogen and oxygen atoms in total. The summed E-state index contributed by atoms with van der Waals surface area (Å²) in [4.78, 5) is 6.70. The minimum atomic E-state index is 0.384. The van der Waals surface area contributed by atoms with Crippen LogP contribution in [0.25, 0.3) is 0 Å². The van der Waals surface area contributed by atoms with Crippen molar-refractivity contribution in [2.45, 2.75) is 43.4 Å². The van der Waals surface area contributed by atoms with Crippen molar-refractivity contribution >= 4 is 17.7 Å². The first-order valence-corrected chi connectivity index (χ1v) is 8.77. The quantitative estimate of drug-likeness (QED) is 0.579. The van der Waals surface area contributed by atoms with Crippen molar-refractivity contribution in [3.05, 3.63) is 0 Å². The molecule has 20 heavy (non-hydrogen) atoms. The second-order valence-electron chi connectivity index (χ2n) is 6.58. The van der Waals surface area contributed by atoms with Gasteiger partial charge in [-0.15, -0.1) is 0 Å². The maximum atomic E-state index is 4.36. The zero-order valence-corrected chi connectivity index (χ0v) is 14.2. The molecule has 0 aromatic rings. The topological polar surface area (TPSA) is 39.7 Å². The highest BCUT2D eigenvalue weighted by Gasteiger charge is 2.33. The van der Waals surface area contributed by atoms with Crippen LogP contribution in [0.5, 0.6) is 0 Å². The summed E-state index contributed by atoms with van der Waals surface area (Å²) in [5.74, 6) is 3.12. The van der Waals surface area contributed by atoms with E-state index >= 15 is 0 Å². The Bertz CT molecular complexity index is 331. The summed E-state index contributed by atoms with van der Waals surface area (Å²) in [6.07, 6.45) is 5.42. The first kappa shape index (κ1) is 16.0. The molecule has 2 atom stereocenters. The van der Waals surface area contributed by atoms with Crippen molar-refractivity contribution in [1.29, 1.82) is 0 Å². The van der Waals surface area contributed by atoms with Crippen LogP contribution in [0.3, 0.4) is 0 Å². The average molecular weight is 298 g/mol. The lowest BCUT2D eigenvalue weighted by Crippen LogP contribution is -2.48. The largest absolute Gasteiger partial charge is 0.355 e. The number of nitrogens with one attached hydrogen (secondary N) is 2. The molecule has 0 radical (unpaired) electrons. The van der Waals surface area contributed by atoms with Gasteiger partial charge in [-0.05, 0) is 58.4 Å². The minimum absolute atomic E-state index is 0.384. The van der Waals surface area contributed by atoms with E-state index in [4.69, 9.17) is 0 Å². The number of hydrogen-bond acceptors (Lipinski definition) is 3. The van der Waals surface area contributed by atoms with Crippen molar-refractivity contribution in [2.75, 3.05) is 40.0 Å². The summed E-state index contributed by atoms with van der Waals surface area (Å²) in [6.45, 7) is 4.35. The van der Waals surface area contributed by atoms with E-state index in [1.54, 1.807) is 0 Å². The lowest BCUT2D eigenvalue weighted by atomic mass is 10.1. The predicted octanol–water partition coefficient (Wildman–Crippen LogP) is 1.78. The van der Waals surface area contributed by atoms with Gasteiger partial charge in [0.05, 0.1) is 0 Å². The second-order valence-corrected chi connectivity index (χ2v) is 8.26. The summed E-state index contributed by atoms with van der Waals surface area (Å²) in [6, 6.07) is 0.630. The third kappa shape index (κ3) is 4.55. The van der Waals surface area contributed by atoms with Crippen LogP contribution in [0.15, 0.2) is 4.99 Å². The number of thioether (sulfide) groups is 1. The summed E-state index contributed by atoms with van der Waals surface area (Å²) < 4.78 is 0.384. The molecular formula is C15H30N4S. The van der Waals surface area contributed by atoms with E-state index < -0.39 is 0 Å². The molecule has 0 amide bonds. The van der Waals surface area contributed by atoms with Gasteiger partial charge in [-0.2, -0.15) is 11.8 Å². The highest BCUT2D eigenvalue weighted by Crippen LogP contribution is 2.37. The Morgan fingerprint density at radius 3 is 2.65 bits per heavy atom. The van der Waals surface area contributed by atoms with E-state index in [9.17, 15) is 0 Å². The predicted molar refractivity (Wildman–Crippen MR) is 89.7 cm³/mol. The van der Waals surface area contributed by atoms with Crippen LogP contribution in [-0.2, 0) is 0 Å². The first-order valence-electron chi connectivity index (χ1n) is 7.79. The molecule has 1 aliphatic carbocycles. The van der Waals surface area contributed by atoms with Gasteiger partial charge >= 0.3 is 0 Å². The summed E-state index contributed by atoms with van der Waals surface area (Å²) in [7, 11) is 6.22. The number of guanidine groups is 1. The molecule has 0 aromatic carbocycles. The summed E-state index contributed by atoms with van der Waals surface area (Å²) in [5, 5.41) is 7.01. The number of rotatable bonds is 6. The summed E-state index contributed by atoms with van der Waals surface area (Å²) in [5.41, 5.74) is 0. The molecule has 1 saturated heterocycles. The molecule has 1 aliphatic heterocycles. The van der Waals surface area contributed by atoms with Gasteiger partial charge in [0.2, 0.25) is 0 Å². The molecule has 2 aliphatic rings. The van der Waals surface area contributed by atoms with E-state index in [0.29, 0.717) is 10.8 Å². The highest BCUT2D eigenvalue weighted by atomic mass is 32.2. The van der Waals surface area contributed by atoms with Crippen molar-refractivity contribution < 1.29 is 0 Å². The first-order chi connectivity index (χ1) is 9.54. The van der Waals surface area contributed by atoms with Crippen LogP contribution in [0.2, 0.25) is 0 Å². The van der Waals surface area contributed by atoms with E-state index in [-0.39, 0.29) is 0 Å². The molecule has 2 unspecified atom stereocenters. The third-order valence-electron chi connectivity index (χ3n) is 4.46. The molecule has 5 heteroatoms. The lowest BCUT2D eigenvalue weighted by molar-refractivity contribution is 0.264. The maximum absolute atomic E-state index is 4.36. The number of aliphatic imine (C=N–C) groups is 1. The zero-order chi connectivity index (χ0) is 14.6. The van der Waals surface area contributed by atoms with Crippen LogP contribution in [0.1, 0.15) is 32.6 Å². The maximum Gasteiger partial charge on any atom is 0.191 e. The average Bonchev–Trinajstić information content (AvgIpc) is 3.15. The van der Waals surface area contributed by atoms with Crippen LogP contribution in [0, 0.1) is 5.92 Å². The Morgan fingerprint density at radius 2 is 2.15 bits per heavy atom. The fourth-order valence-electron chi connectivity index (χ4n) is 2.92. The molecule has 0 spiro atoms. The monoisotopic (exact) mass is 298 g/mol. The Morgan fingerprint density at radius 1 is 1.40 bits per heavy atom. The molecule has 1 heterocycles. The van der Waals surface area contributed by atoms with Gasteiger partial charge in [0.25, 0.3) is 0 Å². The van der Waals surface area contributed by atoms with Crippen molar-refractivity contribution in [2.24, 2.45) is 10.9 Å². The summed E-state index contributed by atoms with van der Waals surface area (Å²) >= 11 is 2.09. The minimum Gasteiger partial charge on any atom is -0.355 e. The van der Waals surface area contributed by atoms with E-state index in [1.165, 1.54) is 31.4 Å². The molecule has 116 valence electrons. The number of nitrogens with zero attached hydrogens (tertiary/aromatic N) is 2. The number of hydrogen-bond donors (Lipinski definition) is 2. The van der Waals surface area contributed by atoms with E-state index in [0.717, 1.165) is 25.0 Å².